The molecule has 0 N–H and O–H groups in total. The van der Waals surface area contributed by atoms with E-state index in [9.17, 15) is 18.8 Å². The topological polar surface area (TPSA) is 115 Å². The second-order valence-electron chi connectivity index (χ2n) is 8.49. The van der Waals surface area contributed by atoms with E-state index in [4.69, 9.17) is 28.8 Å². The zero-order valence-electron chi connectivity index (χ0n) is 19.2. The second kappa shape index (κ2) is 9.61. The third kappa shape index (κ3) is 4.51. The fourth-order valence-electron chi connectivity index (χ4n) is 4.30. The first-order valence-electron chi connectivity index (χ1n) is 10.9. The molecule has 1 aliphatic heterocycles. The molecule has 36 heavy (non-hydrogen) atoms. The maximum absolute atomic E-state index is 13.1. The van der Waals surface area contributed by atoms with Crippen LogP contribution in [0.3, 0.4) is 0 Å². The molecule has 1 aliphatic rings. The van der Waals surface area contributed by atoms with Crippen molar-refractivity contribution < 1.29 is 13.6 Å². The van der Waals surface area contributed by atoms with E-state index in [1.165, 1.54) is 23.4 Å². The molecule has 1 saturated heterocycles. The van der Waals surface area contributed by atoms with Gasteiger partial charge >= 0.3 is 0 Å². The summed E-state index contributed by atoms with van der Waals surface area (Å²) in [5, 5.41) is 21.5. The van der Waals surface area contributed by atoms with Gasteiger partial charge in [0.25, 0.3) is 6.43 Å². The van der Waals surface area contributed by atoms with Gasteiger partial charge in [0.2, 0.25) is 5.91 Å². The Balaban J connectivity index is 1.67. The number of para-hydroxylation sites is 1. The quantitative estimate of drug-likeness (QED) is 0.499. The minimum Gasteiger partial charge on any atom is -0.352 e. The number of amides is 1. The summed E-state index contributed by atoms with van der Waals surface area (Å²) < 4.78 is 27.2. The molecule has 1 fully saturated rings. The summed E-state index contributed by atoms with van der Waals surface area (Å²) in [7, 11) is 17.2. The van der Waals surface area contributed by atoms with E-state index in [-0.39, 0.29) is 12.2 Å². The number of carbonyl (C=O) groups excluding carboxylic acids is 1. The maximum atomic E-state index is 13.1. The molecule has 1 amide bonds. The van der Waals surface area contributed by atoms with E-state index in [0.717, 1.165) is 4.68 Å². The molecule has 9 nitrogen and oxygen atoms in total. The largest absolute Gasteiger partial charge is 0.352 e. The summed E-state index contributed by atoms with van der Waals surface area (Å²) in [6, 6.07) is 9.79. The van der Waals surface area contributed by atoms with Gasteiger partial charge in [-0.3, -0.25) is 9.48 Å². The summed E-state index contributed by atoms with van der Waals surface area (Å²) in [4.78, 5) is 24.6. The molecule has 2 atom stereocenters. The van der Waals surface area contributed by atoms with E-state index in [1.54, 1.807) is 19.1 Å². The number of halogens is 2. The van der Waals surface area contributed by atoms with Crippen LogP contribution < -0.4 is 4.90 Å². The van der Waals surface area contributed by atoms with E-state index in [2.05, 4.69) is 15.1 Å². The molecule has 0 bridgehead atoms. The van der Waals surface area contributed by atoms with Crippen LogP contribution in [0.1, 0.15) is 12.6 Å². The van der Waals surface area contributed by atoms with Crippen molar-refractivity contribution in [1.29, 1.82) is 10.5 Å². The number of rotatable bonds is 5. The van der Waals surface area contributed by atoms with Crippen molar-refractivity contribution in [2.45, 2.75) is 24.6 Å². The highest BCUT2D eigenvalue weighted by molar-refractivity contribution is 6.56. The molecule has 1 aromatic carbocycles. The lowest BCUT2D eigenvalue weighted by Crippen LogP contribution is -2.56. The molecule has 4 rings (SSSR count). The summed E-state index contributed by atoms with van der Waals surface area (Å²) in [5.74, 6) is -2.29. The Morgan fingerprint density at radius 2 is 1.97 bits per heavy atom. The smallest absolute Gasteiger partial charge is 0.263 e. The number of hydrogen-bond donors (Lipinski definition) is 0. The molecule has 0 saturated carbocycles. The predicted octanol–water partition coefficient (Wildman–Crippen LogP) is 0.880. The van der Waals surface area contributed by atoms with Crippen LogP contribution in [0.25, 0.3) is 22.2 Å². The second-order valence-corrected chi connectivity index (χ2v) is 8.49. The zero-order valence-corrected chi connectivity index (χ0v) is 19.2. The average molecular weight is 480 g/mol. The van der Waals surface area contributed by atoms with Gasteiger partial charge in [-0.25, -0.2) is 18.7 Å². The number of nitrogens with zero attached hydrogens (tertiary/aromatic N) is 8. The average Bonchev–Trinajstić information content (AvgIpc) is 3.28. The highest BCUT2D eigenvalue weighted by Gasteiger charge is 2.37. The summed E-state index contributed by atoms with van der Waals surface area (Å²) in [6.45, 7) is 2.51. The fourth-order valence-corrected chi connectivity index (χ4v) is 4.30. The van der Waals surface area contributed by atoms with Gasteiger partial charge in [-0.05, 0) is 18.2 Å². The van der Waals surface area contributed by atoms with Gasteiger partial charge in [-0.1, -0.05) is 12.1 Å². The molecule has 2 aromatic heterocycles. The van der Waals surface area contributed by atoms with Gasteiger partial charge in [0.1, 0.15) is 23.9 Å². The number of fused-ring (bicyclic) bond motifs is 1. The van der Waals surface area contributed by atoms with Crippen molar-refractivity contribution in [2.24, 2.45) is 5.92 Å². The van der Waals surface area contributed by atoms with Gasteiger partial charge in [0.05, 0.1) is 40.8 Å². The lowest BCUT2D eigenvalue weighted by atomic mass is 9.49. The Hall–Kier alpha value is -3.93. The standard InChI is InChI=1S/C22H17B3F2N8O/c1-12-10-33(5-6-34(12)21(36)16(9-29)19(26)27)20-15-4-2-3-14(18(15)30-11-31-20)17-7-13(8-28)35(32-17)22(23,24)25/h2-4,7,11-12,16,19H,5-6,10H2,1H3. The minimum atomic E-state index is -3.05. The Labute approximate surface area is 209 Å². The lowest BCUT2D eigenvalue weighted by molar-refractivity contribution is -0.140. The van der Waals surface area contributed by atoms with Crippen LogP contribution in [-0.4, -0.2) is 86.2 Å². The Morgan fingerprint density at radius 3 is 2.56 bits per heavy atom. The minimum absolute atomic E-state index is 0.0675. The Morgan fingerprint density at radius 1 is 1.22 bits per heavy atom. The molecular weight excluding hydrogens is 463 g/mol. The first-order chi connectivity index (χ1) is 17.1. The van der Waals surface area contributed by atoms with Gasteiger partial charge in [-0.15, -0.1) is 0 Å². The van der Waals surface area contributed by atoms with E-state index in [0.29, 0.717) is 41.1 Å². The third-order valence-corrected chi connectivity index (χ3v) is 5.98. The highest BCUT2D eigenvalue weighted by Crippen LogP contribution is 2.32. The molecular formula is C22H17B3F2N8O. The van der Waals surface area contributed by atoms with Crippen LogP contribution in [0, 0.1) is 28.6 Å². The monoisotopic (exact) mass is 480 g/mol. The molecule has 3 heterocycles. The third-order valence-electron chi connectivity index (χ3n) is 5.98. The summed E-state index contributed by atoms with van der Waals surface area (Å²) in [5.41, 5.74) is 1.58. The number of piperazine rings is 1. The highest BCUT2D eigenvalue weighted by atomic mass is 19.3. The normalized spacial score (nSPS) is 17.1. The molecule has 174 valence electrons. The van der Waals surface area contributed by atoms with Crippen LogP contribution in [0.15, 0.2) is 30.6 Å². The van der Waals surface area contributed by atoms with Gasteiger partial charge in [-0.2, -0.15) is 15.6 Å². The number of aromatic nitrogens is 4. The SMILES string of the molecule is [B]C([B])([B])n1nc(-c2cccc3c(N4CCN(C(=O)C(C#N)C(F)F)C(C)C4)ncnc23)cc1C#N. The molecule has 3 aromatic rings. The van der Waals surface area contributed by atoms with Crippen molar-refractivity contribution in [3.8, 4) is 23.4 Å². The predicted molar refractivity (Wildman–Crippen MR) is 129 cm³/mol. The van der Waals surface area contributed by atoms with Crippen molar-refractivity contribution in [1.82, 2.24) is 24.6 Å². The fraction of sp³-hybridized carbons (Fsp3) is 0.364. The van der Waals surface area contributed by atoms with Crippen molar-refractivity contribution in [3.63, 3.8) is 0 Å². The summed E-state index contributed by atoms with van der Waals surface area (Å²) in [6.07, 6.45) is -1.67. The lowest BCUT2D eigenvalue weighted by Gasteiger charge is -2.41. The number of nitriles is 2. The number of alkyl halides is 2. The van der Waals surface area contributed by atoms with Crippen molar-refractivity contribution in [2.75, 3.05) is 24.5 Å². The van der Waals surface area contributed by atoms with Crippen molar-refractivity contribution >= 4 is 46.2 Å². The molecule has 6 radical (unpaired) electrons. The van der Waals surface area contributed by atoms with E-state index in [1.807, 2.05) is 17.0 Å². The van der Waals surface area contributed by atoms with Crippen molar-refractivity contribution in [3.05, 3.63) is 36.3 Å². The van der Waals surface area contributed by atoms with Crippen LogP contribution in [-0.2, 0) is 10.0 Å². The zero-order chi connectivity index (χ0) is 26.2. The van der Waals surface area contributed by atoms with E-state index >= 15 is 0 Å². The van der Waals surface area contributed by atoms with Crippen LogP contribution in [0.2, 0.25) is 0 Å². The van der Waals surface area contributed by atoms with Crippen LogP contribution >= 0.6 is 0 Å². The molecule has 0 aliphatic carbocycles. The van der Waals surface area contributed by atoms with Gasteiger partial charge < -0.3 is 9.80 Å². The number of carbonyl (C=O) groups is 1. The first kappa shape index (κ1) is 25.2. The van der Waals surface area contributed by atoms with Gasteiger partial charge in [0.15, 0.2) is 5.92 Å². The van der Waals surface area contributed by atoms with Crippen LogP contribution in [0.5, 0.6) is 0 Å². The Kier molecular flexibility index (Phi) is 6.72. The molecule has 0 spiro atoms. The first-order valence-corrected chi connectivity index (χ1v) is 10.9. The number of benzene rings is 1. The van der Waals surface area contributed by atoms with E-state index < -0.39 is 29.5 Å². The summed E-state index contributed by atoms with van der Waals surface area (Å²) >= 11 is 0. The molecule has 2 unspecified atom stereocenters. The van der Waals surface area contributed by atoms with Gasteiger partial charge in [0, 0.05) is 42.7 Å². The maximum Gasteiger partial charge on any atom is 0.263 e. The molecule has 14 heteroatoms. The van der Waals surface area contributed by atoms with Crippen LogP contribution in [0.4, 0.5) is 14.6 Å². The number of anilines is 1. The Bertz CT molecular complexity index is 1390. The number of hydrogen-bond acceptors (Lipinski definition) is 7.